The highest BCUT2D eigenvalue weighted by molar-refractivity contribution is 6.15. The molecule has 2 aromatic carbocycles. The second-order valence-corrected chi connectivity index (χ2v) is 8.66. The predicted molar refractivity (Wildman–Crippen MR) is 121 cm³/mol. The molecule has 8 nitrogen and oxygen atoms in total. The number of hydrogen-bond donors (Lipinski definition) is 2. The quantitative estimate of drug-likeness (QED) is 0.612. The number of imide groups is 1. The van der Waals surface area contributed by atoms with Gasteiger partial charge in [-0.2, -0.15) is 0 Å². The molecule has 0 spiro atoms. The lowest BCUT2D eigenvalue weighted by Crippen LogP contribution is -2.47. The molecule has 0 aliphatic carbocycles. The SMILES string of the molecule is CN1CCN(CC(=O)Nc2cccc3c2ccc2occ(C4CCC(=O)NC4=O)c23)CC1. The van der Waals surface area contributed by atoms with E-state index in [1.807, 2.05) is 30.3 Å². The van der Waals surface area contributed by atoms with Crippen LogP contribution < -0.4 is 10.6 Å². The smallest absolute Gasteiger partial charge is 0.238 e. The van der Waals surface area contributed by atoms with E-state index in [1.54, 1.807) is 6.26 Å². The number of furan rings is 1. The van der Waals surface area contributed by atoms with E-state index in [0.29, 0.717) is 25.0 Å². The zero-order valence-electron chi connectivity index (χ0n) is 18.0. The number of nitrogens with one attached hydrogen (secondary N) is 2. The Hall–Kier alpha value is -3.23. The lowest BCUT2D eigenvalue weighted by atomic mass is 9.88. The van der Waals surface area contributed by atoms with Crippen molar-refractivity contribution in [1.82, 2.24) is 15.1 Å². The van der Waals surface area contributed by atoms with Crippen LogP contribution in [0.25, 0.3) is 21.7 Å². The molecule has 3 aromatic rings. The van der Waals surface area contributed by atoms with Crippen molar-refractivity contribution < 1.29 is 18.8 Å². The fraction of sp³-hybridized carbons (Fsp3) is 0.375. The summed E-state index contributed by atoms with van der Waals surface area (Å²) in [4.78, 5) is 41.2. The van der Waals surface area contributed by atoms with Gasteiger partial charge >= 0.3 is 0 Å². The number of rotatable bonds is 4. The topological polar surface area (TPSA) is 94.9 Å². The maximum absolute atomic E-state index is 12.7. The molecule has 5 rings (SSSR count). The highest BCUT2D eigenvalue weighted by Gasteiger charge is 2.31. The molecule has 2 fully saturated rings. The molecule has 0 saturated carbocycles. The van der Waals surface area contributed by atoms with Crippen LogP contribution in [0.3, 0.4) is 0 Å². The summed E-state index contributed by atoms with van der Waals surface area (Å²) in [5.74, 6) is -1.01. The number of anilines is 1. The maximum Gasteiger partial charge on any atom is 0.238 e. The Morgan fingerprint density at radius 2 is 1.94 bits per heavy atom. The minimum atomic E-state index is -0.435. The number of benzene rings is 2. The fourth-order valence-electron chi connectivity index (χ4n) is 4.67. The van der Waals surface area contributed by atoms with Crippen molar-refractivity contribution in [2.75, 3.05) is 45.1 Å². The van der Waals surface area contributed by atoms with Crippen LogP contribution in [0.1, 0.15) is 24.3 Å². The van der Waals surface area contributed by atoms with Crippen LogP contribution in [0, 0.1) is 0 Å². The Kier molecular flexibility index (Phi) is 5.40. The summed E-state index contributed by atoms with van der Waals surface area (Å²) in [6, 6.07) is 9.55. The average molecular weight is 434 g/mol. The molecule has 3 heterocycles. The van der Waals surface area contributed by atoms with Gasteiger partial charge in [-0.1, -0.05) is 12.1 Å². The van der Waals surface area contributed by atoms with Crippen molar-refractivity contribution in [1.29, 1.82) is 0 Å². The van der Waals surface area contributed by atoms with Gasteiger partial charge in [0, 0.05) is 54.6 Å². The van der Waals surface area contributed by atoms with Gasteiger partial charge in [0.15, 0.2) is 0 Å². The molecule has 32 heavy (non-hydrogen) atoms. The van der Waals surface area contributed by atoms with Crippen molar-refractivity contribution in [3.8, 4) is 0 Å². The molecule has 3 amide bonds. The number of carbonyl (C=O) groups is 3. The minimum absolute atomic E-state index is 0.0419. The summed E-state index contributed by atoms with van der Waals surface area (Å²) in [6.45, 7) is 4.04. The molecule has 0 bridgehead atoms. The number of carbonyl (C=O) groups excluding carboxylic acids is 3. The molecule has 8 heteroatoms. The third-order valence-electron chi connectivity index (χ3n) is 6.48. The Bertz CT molecular complexity index is 1210. The monoisotopic (exact) mass is 434 g/mol. The van der Waals surface area contributed by atoms with Crippen molar-refractivity contribution in [3.63, 3.8) is 0 Å². The summed E-state index contributed by atoms with van der Waals surface area (Å²) in [7, 11) is 2.09. The molecule has 2 aliphatic rings. The molecular weight excluding hydrogens is 408 g/mol. The number of piperazine rings is 1. The van der Waals surface area contributed by atoms with Crippen LogP contribution in [-0.4, -0.2) is 67.3 Å². The normalized spacial score (nSPS) is 20.6. The van der Waals surface area contributed by atoms with Gasteiger partial charge in [0.25, 0.3) is 0 Å². The van der Waals surface area contributed by atoms with Gasteiger partial charge in [0.2, 0.25) is 17.7 Å². The number of amides is 3. The van der Waals surface area contributed by atoms with E-state index < -0.39 is 5.92 Å². The Morgan fingerprint density at radius 3 is 2.72 bits per heavy atom. The van der Waals surface area contributed by atoms with Gasteiger partial charge in [-0.25, -0.2) is 0 Å². The molecule has 1 unspecified atom stereocenters. The minimum Gasteiger partial charge on any atom is -0.464 e. The molecule has 166 valence electrons. The van der Waals surface area contributed by atoms with Crippen LogP contribution in [0.5, 0.6) is 0 Å². The second-order valence-electron chi connectivity index (χ2n) is 8.66. The number of hydrogen-bond acceptors (Lipinski definition) is 6. The predicted octanol–water partition coefficient (Wildman–Crippen LogP) is 2.29. The van der Waals surface area contributed by atoms with E-state index in [4.69, 9.17) is 4.42 Å². The Morgan fingerprint density at radius 1 is 1.12 bits per heavy atom. The van der Waals surface area contributed by atoms with Gasteiger partial charge in [-0.15, -0.1) is 0 Å². The molecule has 2 aliphatic heterocycles. The van der Waals surface area contributed by atoms with E-state index in [0.717, 1.165) is 53.6 Å². The average Bonchev–Trinajstić information content (AvgIpc) is 3.20. The fourth-order valence-corrected chi connectivity index (χ4v) is 4.67. The van der Waals surface area contributed by atoms with E-state index in [-0.39, 0.29) is 17.7 Å². The van der Waals surface area contributed by atoms with E-state index in [2.05, 4.69) is 27.5 Å². The number of likely N-dealkylation sites (N-methyl/N-ethyl adjacent to an activating group) is 1. The largest absolute Gasteiger partial charge is 0.464 e. The first-order valence-electron chi connectivity index (χ1n) is 11.0. The molecule has 1 aromatic heterocycles. The van der Waals surface area contributed by atoms with Gasteiger partial charge in [-0.05, 0) is 37.1 Å². The van der Waals surface area contributed by atoms with Crippen LogP contribution in [0.15, 0.2) is 41.0 Å². The number of fused-ring (bicyclic) bond motifs is 3. The molecule has 0 radical (unpaired) electrons. The highest BCUT2D eigenvalue weighted by Crippen LogP contribution is 2.38. The molecule has 2 saturated heterocycles. The number of nitrogens with zero attached hydrogens (tertiary/aromatic N) is 2. The van der Waals surface area contributed by atoms with Crippen molar-refractivity contribution in [2.45, 2.75) is 18.8 Å². The summed E-state index contributed by atoms with van der Waals surface area (Å²) in [5.41, 5.74) is 2.19. The van der Waals surface area contributed by atoms with Gasteiger partial charge < -0.3 is 14.6 Å². The van der Waals surface area contributed by atoms with Crippen LogP contribution in [0.4, 0.5) is 5.69 Å². The van der Waals surface area contributed by atoms with Crippen LogP contribution in [0.2, 0.25) is 0 Å². The highest BCUT2D eigenvalue weighted by atomic mass is 16.3. The maximum atomic E-state index is 12.7. The van der Waals surface area contributed by atoms with Crippen molar-refractivity contribution >= 4 is 45.2 Å². The zero-order valence-corrected chi connectivity index (χ0v) is 18.0. The van der Waals surface area contributed by atoms with E-state index in [1.165, 1.54) is 0 Å². The molecule has 1 atom stereocenters. The summed E-state index contributed by atoms with van der Waals surface area (Å²) in [5, 5.41) is 8.15. The summed E-state index contributed by atoms with van der Waals surface area (Å²) < 4.78 is 5.75. The van der Waals surface area contributed by atoms with E-state index in [9.17, 15) is 14.4 Å². The molecule has 2 N–H and O–H groups in total. The zero-order chi connectivity index (χ0) is 22.2. The lowest BCUT2D eigenvalue weighted by molar-refractivity contribution is -0.134. The lowest BCUT2D eigenvalue weighted by Gasteiger charge is -2.31. The van der Waals surface area contributed by atoms with Crippen molar-refractivity contribution in [2.24, 2.45) is 0 Å². The van der Waals surface area contributed by atoms with Crippen LogP contribution >= 0.6 is 0 Å². The Balaban J connectivity index is 1.45. The Labute approximate surface area is 185 Å². The first-order valence-corrected chi connectivity index (χ1v) is 11.0. The van der Waals surface area contributed by atoms with Crippen molar-refractivity contribution in [3.05, 3.63) is 42.2 Å². The molecular formula is C24H26N4O4. The van der Waals surface area contributed by atoms with Gasteiger partial charge in [0.1, 0.15) is 5.58 Å². The third kappa shape index (κ3) is 3.87. The standard InChI is InChI=1S/C24H26N4O4/c1-27-9-11-28(12-10-27)13-22(30)25-19-4-2-3-16-15(19)5-7-20-23(16)18(14-32-20)17-6-8-21(29)26-24(17)31/h2-5,7,14,17H,6,8-13H2,1H3,(H,25,30)(H,26,29,31). The first kappa shape index (κ1) is 20.7. The first-order chi connectivity index (χ1) is 15.5. The summed E-state index contributed by atoms with van der Waals surface area (Å²) >= 11 is 0. The van der Waals surface area contributed by atoms with E-state index >= 15 is 0 Å². The third-order valence-corrected chi connectivity index (χ3v) is 6.48. The van der Waals surface area contributed by atoms with Gasteiger partial charge in [-0.3, -0.25) is 24.6 Å². The summed E-state index contributed by atoms with van der Waals surface area (Å²) in [6.07, 6.45) is 2.38. The number of piperidine rings is 1. The second kappa shape index (κ2) is 8.37. The van der Waals surface area contributed by atoms with Gasteiger partial charge in [0.05, 0.1) is 18.7 Å². The van der Waals surface area contributed by atoms with Crippen LogP contribution in [-0.2, 0) is 14.4 Å².